The smallest absolute Gasteiger partial charge is 0.315 e. The molecule has 0 radical (unpaired) electrons. The van der Waals surface area contributed by atoms with Gasteiger partial charge in [-0.2, -0.15) is 14.9 Å². The minimum Gasteiger partial charge on any atom is -0.493 e. The molecule has 0 atom stereocenters. The van der Waals surface area contributed by atoms with Gasteiger partial charge in [-0.1, -0.05) is 44.2 Å². The van der Waals surface area contributed by atoms with Crippen LogP contribution in [0.3, 0.4) is 0 Å². The zero-order valence-electron chi connectivity index (χ0n) is 18.1. The minimum absolute atomic E-state index is 0.0659. The van der Waals surface area contributed by atoms with E-state index in [0.717, 1.165) is 24.2 Å². The van der Waals surface area contributed by atoms with Gasteiger partial charge in [0.15, 0.2) is 11.6 Å². The number of ether oxygens (including phenoxy) is 2. The van der Waals surface area contributed by atoms with E-state index in [1.54, 1.807) is 10.7 Å². The molecule has 0 saturated carbocycles. The molecule has 0 aliphatic carbocycles. The van der Waals surface area contributed by atoms with E-state index in [4.69, 9.17) is 21.7 Å². The summed E-state index contributed by atoms with van der Waals surface area (Å²) in [6.07, 6.45) is 3.27. The molecule has 0 spiro atoms. The molecule has 1 N–H and O–H groups in total. The highest BCUT2D eigenvalue weighted by Gasteiger charge is 2.22. The minimum atomic E-state index is -0.501. The van der Waals surface area contributed by atoms with Gasteiger partial charge in [-0.05, 0) is 36.7 Å². The maximum Gasteiger partial charge on any atom is 0.315 e. The molecule has 0 amide bonds. The Morgan fingerprint density at radius 2 is 2.00 bits per heavy atom. The fourth-order valence-electron chi connectivity index (χ4n) is 3.30. The third-order valence-electron chi connectivity index (χ3n) is 5.05. The summed E-state index contributed by atoms with van der Waals surface area (Å²) >= 11 is 5.30. The lowest BCUT2D eigenvalue weighted by Crippen LogP contribution is -2.06. The zero-order valence-corrected chi connectivity index (χ0v) is 19.0. The number of H-pyrrole nitrogens is 1. The number of aromatic nitrogens is 3. The van der Waals surface area contributed by atoms with E-state index in [2.05, 4.69) is 29.1 Å². The lowest BCUT2D eigenvalue weighted by Gasteiger charge is -2.12. The summed E-state index contributed by atoms with van der Waals surface area (Å²) in [7, 11) is 1.44. The SMILES string of the molecule is CCC(CC)c1n[nH]c(=S)n1/N=C\c1cc(OC)c(OCc2ccccc2)c([N+](=O)[O-])c1. The van der Waals surface area contributed by atoms with Crippen LogP contribution in [0.25, 0.3) is 0 Å². The number of nitro benzene ring substituents is 1. The van der Waals surface area contributed by atoms with Crippen molar-refractivity contribution >= 4 is 24.1 Å². The lowest BCUT2D eigenvalue weighted by molar-refractivity contribution is -0.386. The van der Waals surface area contributed by atoms with E-state index in [9.17, 15) is 10.1 Å². The Hall–Kier alpha value is -3.53. The quantitative estimate of drug-likeness (QED) is 0.194. The average molecular weight is 456 g/mol. The van der Waals surface area contributed by atoms with Crippen LogP contribution in [-0.4, -0.2) is 33.1 Å². The zero-order chi connectivity index (χ0) is 23.1. The monoisotopic (exact) mass is 455 g/mol. The fraction of sp³-hybridized carbons (Fsp3) is 0.318. The second-order valence-electron chi connectivity index (χ2n) is 7.06. The van der Waals surface area contributed by atoms with Crippen molar-refractivity contribution in [2.75, 3.05) is 7.11 Å². The van der Waals surface area contributed by atoms with Gasteiger partial charge in [-0.15, -0.1) is 0 Å². The molecule has 2 aromatic carbocycles. The van der Waals surface area contributed by atoms with Gasteiger partial charge < -0.3 is 9.47 Å². The molecular weight excluding hydrogens is 430 g/mol. The number of aromatic amines is 1. The van der Waals surface area contributed by atoms with Crippen molar-refractivity contribution in [1.29, 1.82) is 0 Å². The van der Waals surface area contributed by atoms with Crippen LogP contribution in [0.4, 0.5) is 5.69 Å². The normalized spacial score (nSPS) is 11.2. The fourth-order valence-corrected chi connectivity index (χ4v) is 3.49. The summed E-state index contributed by atoms with van der Waals surface area (Å²) in [5.41, 5.74) is 1.15. The molecule has 3 rings (SSSR count). The van der Waals surface area contributed by atoms with Gasteiger partial charge >= 0.3 is 5.69 Å². The van der Waals surface area contributed by atoms with Crippen LogP contribution < -0.4 is 9.47 Å². The van der Waals surface area contributed by atoms with E-state index in [1.807, 2.05) is 30.3 Å². The van der Waals surface area contributed by atoms with Crippen molar-refractivity contribution in [2.45, 2.75) is 39.2 Å². The molecule has 1 aromatic heterocycles. The van der Waals surface area contributed by atoms with Crippen molar-refractivity contribution in [3.05, 3.63) is 74.3 Å². The van der Waals surface area contributed by atoms with Gasteiger partial charge in [0.2, 0.25) is 10.5 Å². The Bertz CT molecular complexity index is 1150. The van der Waals surface area contributed by atoms with Crippen LogP contribution in [0.2, 0.25) is 0 Å². The molecule has 3 aromatic rings. The third kappa shape index (κ3) is 5.20. The lowest BCUT2D eigenvalue weighted by atomic mass is 10.0. The number of nitrogens with zero attached hydrogens (tertiary/aromatic N) is 4. The summed E-state index contributed by atoms with van der Waals surface area (Å²) < 4.78 is 13.0. The van der Waals surface area contributed by atoms with E-state index >= 15 is 0 Å². The van der Waals surface area contributed by atoms with Gasteiger partial charge in [0.05, 0.1) is 18.2 Å². The Kier molecular flexibility index (Phi) is 7.72. The molecule has 32 heavy (non-hydrogen) atoms. The number of hydrogen-bond acceptors (Lipinski definition) is 7. The number of hydrogen-bond donors (Lipinski definition) is 1. The van der Waals surface area contributed by atoms with Gasteiger partial charge in [-0.25, -0.2) is 0 Å². The second kappa shape index (κ2) is 10.7. The maximum absolute atomic E-state index is 11.8. The standard InChI is InChI=1S/C22H25N5O4S/c1-4-17(5-2)21-24-25-22(32)26(21)23-13-16-11-18(27(28)29)20(19(12-16)30-3)31-14-15-9-7-6-8-10-15/h6-13,17H,4-5,14H2,1-3H3,(H,25,32)/b23-13-. The molecule has 0 fully saturated rings. The van der Waals surface area contributed by atoms with Crippen molar-refractivity contribution in [2.24, 2.45) is 5.10 Å². The number of nitro groups is 1. The van der Waals surface area contributed by atoms with Crippen LogP contribution in [0, 0.1) is 14.9 Å². The highest BCUT2D eigenvalue weighted by Crippen LogP contribution is 2.38. The van der Waals surface area contributed by atoms with Gasteiger partial charge in [-0.3, -0.25) is 15.2 Å². The molecule has 0 aliphatic rings. The number of nitrogens with one attached hydrogen (secondary N) is 1. The van der Waals surface area contributed by atoms with Crippen molar-refractivity contribution in [3.8, 4) is 11.5 Å². The van der Waals surface area contributed by atoms with Crippen LogP contribution in [0.1, 0.15) is 49.6 Å². The van der Waals surface area contributed by atoms with Crippen molar-refractivity contribution in [3.63, 3.8) is 0 Å². The molecule has 0 saturated heterocycles. The third-order valence-corrected chi connectivity index (χ3v) is 5.31. The summed E-state index contributed by atoms with van der Waals surface area (Å²) in [4.78, 5) is 11.2. The largest absolute Gasteiger partial charge is 0.493 e. The van der Waals surface area contributed by atoms with Gasteiger partial charge in [0, 0.05) is 17.5 Å². The van der Waals surface area contributed by atoms with Crippen LogP contribution in [0.5, 0.6) is 11.5 Å². The predicted octanol–water partition coefficient (Wildman–Crippen LogP) is 5.22. The molecular formula is C22H25N5O4S. The summed E-state index contributed by atoms with van der Waals surface area (Å²) in [5, 5.41) is 23.2. The Labute approximate surface area is 190 Å². The Morgan fingerprint density at radius 1 is 1.28 bits per heavy atom. The second-order valence-corrected chi connectivity index (χ2v) is 7.45. The van der Waals surface area contributed by atoms with Crippen LogP contribution >= 0.6 is 12.2 Å². The van der Waals surface area contributed by atoms with Gasteiger partial charge in [0.1, 0.15) is 6.61 Å². The van der Waals surface area contributed by atoms with E-state index in [1.165, 1.54) is 19.4 Å². The first-order chi connectivity index (χ1) is 15.5. The average Bonchev–Trinajstić information content (AvgIpc) is 3.17. The van der Waals surface area contributed by atoms with Crippen molar-refractivity contribution in [1.82, 2.24) is 14.9 Å². The topological polar surface area (TPSA) is 108 Å². The molecule has 10 heteroatoms. The Balaban J connectivity index is 1.95. The first kappa shape index (κ1) is 23.1. The van der Waals surface area contributed by atoms with Crippen molar-refractivity contribution < 1.29 is 14.4 Å². The number of benzene rings is 2. The number of rotatable bonds is 10. The van der Waals surface area contributed by atoms with Gasteiger partial charge in [0.25, 0.3) is 0 Å². The molecule has 0 unspecified atom stereocenters. The Morgan fingerprint density at radius 3 is 2.62 bits per heavy atom. The van der Waals surface area contributed by atoms with E-state index < -0.39 is 4.92 Å². The summed E-state index contributed by atoms with van der Waals surface area (Å²) in [5.74, 6) is 1.22. The molecule has 0 aliphatic heterocycles. The molecule has 0 bridgehead atoms. The van der Waals surface area contributed by atoms with E-state index in [-0.39, 0.29) is 29.7 Å². The molecule has 168 valence electrons. The predicted molar refractivity (Wildman–Crippen MR) is 124 cm³/mol. The summed E-state index contributed by atoms with van der Waals surface area (Å²) in [6.45, 7) is 4.32. The van der Waals surface area contributed by atoms with Crippen LogP contribution in [0.15, 0.2) is 47.6 Å². The summed E-state index contributed by atoms with van der Waals surface area (Å²) in [6, 6.07) is 12.4. The number of methoxy groups -OCH3 is 1. The highest BCUT2D eigenvalue weighted by molar-refractivity contribution is 7.71. The maximum atomic E-state index is 11.8. The first-order valence-corrected chi connectivity index (χ1v) is 10.6. The molecule has 9 nitrogen and oxygen atoms in total. The van der Waals surface area contributed by atoms with E-state index in [0.29, 0.717) is 10.3 Å². The van der Waals surface area contributed by atoms with Crippen LogP contribution in [-0.2, 0) is 6.61 Å². The first-order valence-electron chi connectivity index (χ1n) is 10.2. The molecule has 1 heterocycles. The highest BCUT2D eigenvalue weighted by atomic mass is 32.1.